The van der Waals surface area contributed by atoms with Crippen molar-refractivity contribution in [3.63, 3.8) is 0 Å². The van der Waals surface area contributed by atoms with Crippen molar-refractivity contribution < 1.29 is 9.53 Å². The van der Waals surface area contributed by atoms with E-state index in [1.807, 2.05) is 18.7 Å². The normalized spacial score (nSPS) is 20.8. The Morgan fingerprint density at radius 1 is 1.25 bits per heavy atom. The van der Waals surface area contributed by atoms with Gasteiger partial charge in [-0.05, 0) is 46.7 Å². The SMILES string of the molecule is CCNC(=NCC1(N(C)C)CCOCC1)NC1CCN(C(=O)C(C)C)CC1.I. The summed E-state index contributed by atoms with van der Waals surface area (Å²) < 4.78 is 5.56. The number of hydrogen-bond acceptors (Lipinski definition) is 4. The number of piperidine rings is 1. The summed E-state index contributed by atoms with van der Waals surface area (Å²) in [5.74, 6) is 1.23. The Labute approximate surface area is 188 Å². The summed E-state index contributed by atoms with van der Waals surface area (Å²) >= 11 is 0. The van der Waals surface area contributed by atoms with Crippen molar-refractivity contribution >= 4 is 35.8 Å². The number of halogens is 1. The predicted molar refractivity (Wildman–Crippen MR) is 125 cm³/mol. The van der Waals surface area contributed by atoms with Gasteiger partial charge in [-0.1, -0.05) is 13.8 Å². The molecule has 8 heteroatoms. The largest absolute Gasteiger partial charge is 0.381 e. The summed E-state index contributed by atoms with van der Waals surface area (Å²) in [5.41, 5.74) is 0.0770. The molecule has 2 aliphatic heterocycles. The molecule has 0 unspecified atom stereocenters. The summed E-state index contributed by atoms with van der Waals surface area (Å²) in [6.07, 6.45) is 3.96. The quantitative estimate of drug-likeness (QED) is 0.326. The van der Waals surface area contributed by atoms with E-state index < -0.39 is 0 Å². The number of carbonyl (C=O) groups excluding carboxylic acids is 1. The van der Waals surface area contributed by atoms with Gasteiger partial charge >= 0.3 is 0 Å². The standard InChI is InChI=1S/C20H39N5O2.HI/c1-6-21-19(22-15-20(24(4)5)9-13-27-14-10-20)23-17-7-11-25(12-8-17)18(26)16(2)3;/h16-17H,6-15H2,1-5H3,(H2,21,22,23);1H. The molecular formula is C20H40IN5O2. The molecule has 2 saturated heterocycles. The first kappa shape index (κ1) is 25.4. The summed E-state index contributed by atoms with van der Waals surface area (Å²) in [7, 11) is 4.28. The van der Waals surface area contributed by atoms with Gasteiger partial charge in [0.25, 0.3) is 0 Å². The molecule has 0 aromatic heterocycles. The van der Waals surface area contributed by atoms with Gasteiger partial charge in [0, 0.05) is 50.3 Å². The number of likely N-dealkylation sites (N-methyl/N-ethyl adjacent to an activating group) is 1. The van der Waals surface area contributed by atoms with E-state index in [2.05, 4.69) is 36.6 Å². The van der Waals surface area contributed by atoms with Crippen molar-refractivity contribution in [2.24, 2.45) is 10.9 Å². The van der Waals surface area contributed by atoms with E-state index in [1.54, 1.807) is 0 Å². The monoisotopic (exact) mass is 509 g/mol. The summed E-state index contributed by atoms with van der Waals surface area (Å²) in [5, 5.41) is 6.98. The lowest BCUT2D eigenvalue weighted by molar-refractivity contribution is -0.135. The zero-order chi connectivity index (χ0) is 19.9. The van der Waals surface area contributed by atoms with Crippen LogP contribution in [0.15, 0.2) is 4.99 Å². The number of rotatable bonds is 6. The Morgan fingerprint density at radius 3 is 2.36 bits per heavy atom. The van der Waals surface area contributed by atoms with E-state index in [9.17, 15) is 4.79 Å². The van der Waals surface area contributed by atoms with Crippen LogP contribution in [-0.4, -0.2) is 86.7 Å². The van der Waals surface area contributed by atoms with Crippen molar-refractivity contribution in [2.45, 2.75) is 58.0 Å². The maximum atomic E-state index is 12.2. The van der Waals surface area contributed by atoms with E-state index in [0.717, 1.165) is 71.0 Å². The van der Waals surface area contributed by atoms with E-state index >= 15 is 0 Å². The van der Waals surface area contributed by atoms with Crippen molar-refractivity contribution in [2.75, 3.05) is 53.5 Å². The van der Waals surface area contributed by atoms with Crippen molar-refractivity contribution in [3.05, 3.63) is 0 Å². The van der Waals surface area contributed by atoms with Crippen LogP contribution in [0.2, 0.25) is 0 Å². The average molecular weight is 509 g/mol. The molecule has 2 fully saturated rings. The molecular weight excluding hydrogens is 469 g/mol. The van der Waals surface area contributed by atoms with Crippen LogP contribution in [-0.2, 0) is 9.53 Å². The van der Waals surface area contributed by atoms with Gasteiger partial charge in [0.05, 0.1) is 6.54 Å². The van der Waals surface area contributed by atoms with Gasteiger partial charge in [0.15, 0.2) is 5.96 Å². The van der Waals surface area contributed by atoms with Crippen LogP contribution < -0.4 is 10.6 Å². The molecule has 0 radical (unpaired) electrons. The average Bonchev–Trinajstić information content (AvgIpc) is 2.67. The summed E-state index contributed by atoms with van der Waals surface area (Å²) in [4.78, 5) is 21.4. The molecule has 164 valence electrons. The van der Waals surface area contributed by atoms with Crippen LogP contribution in [0.3, 0.4) is 0 Å². The minimum Gasteiger partial charge on any atom is -0.381 e. The van der Waals surface area contributed by atoms with E-state index in [0.29, 0.717) is 6.04 Å². The van der Waals surface area contributed by atoms with Crippen LogP contribution in [0.4, 0.5) is 0 Å². The van der Waals surface area contributed by atoms with Crippen LogP contribution in [0, 0.1) is 5.92 Å². The van der Waals surface area contributed by atoms with Crippen molar-refractivity contribution in [3.8, 4) is 0 Å². The number of hydrogen-bond donors (Lipinski definition) is 2. The Hall–Kier alpha value is -0.610. The third-order valence-corrected chi connectivity index (χ3v) is 5.89. The van der Waals surface area contributed by atoms with Crippen LogP contribution in [0.1, 0.15) is 46.5 Å². The van der Waals surface area contributed by atoms with Crippen molar-refractivity contribution in [1.82, 2.24) is 20.4 Å². The smallest absolute Gasteiger partial charge is 0.225 e. The molecule has 2 aliphatic rings. The number of aliphatic imine (C=N–C) groups is 1. The summed E-state index contributed by atoms with van der Waals surface area (Å²) in [6, 6.07) is 0.365. The Bertz CT molecular complexity index is 499. The molecule has 0 bridgehead atoms. The van der Waals surface area contributed by atoms with Gasteiger partial charge < -0.3 is 25.2 Å². The number of carbonyl (C=O) groups is 1. The third kappa shape index (κ3) is 7.02. The van der Waals surface area contributed by atoms with E-state index in [4.69, 9.17) is 9.73 Å². The highest BCUT2D eigenvalue weighted by atomic mass is 127. The first-order chi connectivity index (χ1) is 12.9. The molecule has 0 atom stereocenters. The highest BCUT2D eigenvalue weighted by molar-refractivity contribution is 14.0. The number of likely N-dealkylation sites (tertiary alicyclic amines) is 1. The van der Waals surface area contributed by atoms with Crippen LogP contribution in [0.25, 0.3) is 0 Å². The molecule has 7 nitrogen and oxygen atoms in total. The molecule has 0 aliphatic carbocycles. The molecule has 2 N–H and O–H groups in total. The molecule has 1 amide bonds. The number of nitrogens with one attached hydrogen (secondary N) is 2. The van der Waals surface area contributed by atoms with Gasteiger partial charge in [0.1, 0.15) is 0 Å². The van der Waals surface area contributed by atoms with Gasteiger partial charge in [-0.15, -0.1) is 24.0 Å². The van der Waals surface area contributed by atoms with Crippen LogP contribution >= 0.6 is 24.0 Å². The van der Waals surface area contributed by atoms with Gasteiger partial charge in [-0.2, -0.15) is 0 Å². The lowest BCUT2D eigenvalue weighted by Crippen LogP contribution is -2.53. The third-order valence-electron chi connectivity index (χ3n) is 5.89. The number of guanidine groups is 1. The zero-order valence-corrected chi connectivity index (χ0v) is 20.6. The van der Waals surface area contributed by atoms with E-state index in [1.165, 1.54) is 0 Å². The van der Waals surface area contributed by atoms with Gasteiger partial charge in [0.2, 0.25) is 5.91 Å². The predicted octanol–water partition coefficient (Wildman–Crippen LogP) is 1.92. The number of amides is 1. The molecule has 0 aromatic carbocycles. The molecule has 28 heavy (non-hydrogen) atoms. The Kier molecular flexibility index (Phi) is 11.1. The van der Waals surface area contributed by atoms with Crippen LogP contribution in [0.5, 0.6) is 0 Å². The Morgan fingerprint density at radius 2 is 1.86 bits per heavy atom. The maximum absolute atomic E-state index is 12.2. The number of nitrogens with zero attached hydrogens (tertiary/aromatic N) is 3. The lowest BCUT2D eigenvalue weighted by Gasteiger charge is -2.42. The first-order valence-electron chi connectivity index (χ1n) is 10.5. The highest BCUT2D eigenvalue weighted by Gasteiger charge is 2.35. The fraction of sp³-hybridized carbons (Fsp3) is 0.900. The lowest BCUT2D eigenvalue weighted by atomic mass is 9.89. The minimum absolute atomic E-state index is 0. The summed E-state index contributed by atoms with van der Waals surface area (Å²) in [6.45, 7) is 10.9. The van der Waals surface area contributed by atoms with Crippen molar-refractivity contribution in [1.29, 1.82) is 0 Å². The van der Waals surface area contributed by atoms with Gasteiger partial charge in [-0.3, -0.25) is 9.79 Å². The second-order valence-corrected chi connectivity index (χ2v) is 8.32. The Balaban J connectivity index is 0.00000392. The zero-order valence-electron chi connectivity index (χ0n) is 18.3. The second kappa shape index (κ2) is 12.2. The first-order valence-corrected chi connectivity index (χ1v) is 10.5. The molecule has 2 heterocycles. The fourth-order valence-corrected chi connectivity index (χ4v) is 3.85. The van der Waals surface area contributed by atoms with E-state index in [-0.39, 0.29) is 41.3 Å². The molecule has 0 aromatic rings. The molecule has 0 saturated carbocycles. The minimum atomic E-state index is 0. The van der Waals surface area contributed by atoms with Gasteiger partial charge in [-0.25, -0.2) is 0 Å². The topological polar surface area (TPSA) is 69.2 Å². The number of ether oxygens (including phenoxy) is 1. The molecule has 2 rings (SSSR count). The highest BCUT2D eigenvalue weighted by Crippen LogP contribution is 2.26. The maximum Gasteiger partial charge on any atom is 0.225 e. The second-order valence-electron chi connectivity index (χ2n) is 8.32. The molecule has 0 spiro atoms. The fourth-order valence-electron chi connectivity index (χ4n) is 3.85.